The van der Waals surface area contributed by atoms with Crippen molar-refractivity contribution in [2.75, 3.05) is 18.9 Å². The number of nitrogens with one attached hydrogen (secondary N) is 1. The molecule has 0 saturated carbocycles. The van der Waals surface area contributed by atoms with Gasteiger partial charge in [0.15, 0.2) is 11.0 Å². The molecule has 3 rings (SSSR count). The van der Waals surface area contributed by atoms with E-state index in [1.165, 1.54) is 0 Å². The average molecular weight is 327 g/mol. The third-order valence-electron chi connectivity index (χ3n) is 3.55. The molecule has 1 N–H and O–H groups in total. The van der Waals surface area contributed by atoms with Crippen molar-refractivity contribution < 1.29 is 13.7 Å². The number of fused-ring (bicyclic) bond motifs is 1. The SMILES string of the molecule is COc1ccc(N[S@](=O)c2c(OC)ccc3ccccc23)cc1. The lowest BCUT2D eigenvalue weighted by Crippen LogP contribution is -2.07. The maximum Gasteiger partial charge on any atom is 0.154 e. The summed E-state index contributed by atoms with van der Waals surface area (Å²) in [6.07, 6.45) is 0. The minimum atomic E-state index is -1.44. The Balaban J connectivity index is 1.99. The maximum absolute atomic E-state index is 12.9. The second-order valence-corrected chi connectivity index (χ2v) is 6.07. The summed E-state index contributed by atoms with van der Waals surface area (Å²) >= 11 is 0. The van der Waals surface area contributed by atoms with E-state index in [2.05, 4.69) is 4.72 Å². The van der Waals surface area contributed by atoms with Crippen LogP contribution < -0.4 is 14.2 Å². The third-order valence-corrected chi connectivity index (χ3v) is 4.76. The van der Waals surface area contributed by atoms with Gasteiger partial charge in [0.2, 0.25) is 0 Å². The van der Waals surface area contributed by atoms with Crippen molar-refractivity contribution >= 4 is 27.4 Å². The van der Waals surface area contributed by atoms with Crippen LogP contribution in [-0.2, 0) is 11.0 Å². The predicted molar refractivity (Wildman–Crippen MR) is 93.5 cm³/mol. The predicted octanol–water partition coefficient (Wildman–Crippen LogP) is 3.99. The van der Waals surface area contributed by atoms with Gasteiger partial charge >= 0.3 is 0 Å². The third kappa shape index (κ3) is 3.14. The molecular weight excluding hydrogens is 310 g/mol. The highest BCUT2D eigenvalue weighted by molar-refractivity contribution is 7.86. The Morgan fingerprint density at radius 3 is 2.30 bits per heavy atom. The van der Waals surface area contributed by atoms with Gasteiger partial charge < -0.3 is 14.2 Å². The minimum absolute atomic E-state index is 0.600. The zero-order chi connectivity index (χ0) is 16.2. The van der Waals surface area contributed by atoms with Crippen molar-refractivity contribution in [2.45, 2.75) is 4.90 Å². The van der Waals surface area contributed by atoms with Gasteiger partial charge in [-0.2, -0.15) is 0 Å². The molecule has 0 unspecified atom stereocenters. The Hall–Kier alpha value is -2.53. The summed E-state index contributed by atoms with van der Waals surface area (Å²) < 4.78 is 26.4. The van der Waals surface area contributed by atoms with E-state index in [0.717, 1.165) is 22.2 Å². The summed E-state index contributed by atoms with van der Waals surface area (Å²) in [6.45, 7) is 0. The zero-order valence-electron chi connectivity index (χ0n) is 12.9. The normalized spacial score (nSPS) is 11.9. The quantitative estimate of drug-likeness (QED) is 0.771. The van der Waals surface area contributed by atoms with E-state index in [4.69, 9.17) is 9.47 Å². The Morgan fingerprint density at radius 1 is 0.870 bits per heavy atom. The van der Waals surface area contributed by atoms with E-state index in [1.54, 1.807) is 14.2 Å². The van der Waals surface area contributed by atoms with Gasteiger partial charge in [0.1, 0.15) is 16.4 Å². The maximum atomic E-state index is 12.9. The summed E-state index contributed by atoms with van der Waals surface area (Å²) in [5.41, 5.74) is 0.749. The van der Waals surface area contributed by atoms with Gasteiger partial charge in [-0.15, -0.1) is 0 Å². The molecule has 0 aromatic heterocycles. The summed E-state index contributed by atoms with van der Waals surface area (Å²) in [4.78, 5) is 0.640. The number of hydrogen-bond acceptors (Lipinski definition) is 3. The molecule has 3 aromatic rings. The van der Waals surface area contributed by atoms with E-state index < -0.39 is 11.0 Å². The van der Waals surface area contributed by atoms with Crippen LogP contribution in [0.15, 0.2) is 65.6 Å². The average Bonchev–Trinajstić information content (AvgIpc) is 2.61. The van der Waals surface area contributed by atoms with Gasteiger partial charge in [0, 0.05) is 11.1 Å². The Labute approximate surface area is 137 Å². The van der Waals surface area contributed by atoms with Crippen LogP contribution in [0.1, 0.15) is 0 Å². The summed E-state index contributed by atoms with van der Waals surface area (Å²) in [6, 6.07) is 18.9. The number of hydrogen-bond donors (Lipinski definition) is 1. The van der Waals surface area contributed by atoms with Crippen molar-refractivity contribution in [3.63, 3.8) is 0 Å². The van der Waals surface area contributed by atoms with Gasteiger partial charge in [-0.05, 0) is 35.7 Å². The Bertz CT molecular complexity index is 847. The highest BCUT2D eigenvalue weighted by atomic mass is 32.2. The lowest BCUT2D eigenvalue weighted by molar-refractivity contribution is 0.405. The molecule has 0 bridgehead atoms. The van der Waals surface area contributed by atoms with Crippen molar-refractivity contribution in [1.29, 1.82) is 0 Å². The number of methoxy groups -OCH3 is 2. The van der Waals surface area contributed by atoms with Crippen LogP contribution in [0.5, 0.6) is 11.5 Å². The van der Waals surface area contributed by atoms with Crippen molar-refractivity contribution in [1.82, 2.24) is 0 Å². The van der Waals surface area contributed by atoms with Crippen LogP contribution in [0, 0.1) is 0 Å². The molecule has 0 aliphatic carbocycles. The summed E-state index contributed by atoms with van der Waals surface area (Å²) in [5, 5.41) is 1.93. The second kappa shape index (κ2) is 6.71. The molecule has 0 radical (unpaired) electrons. The van der Waals surface area contributed by atoms with Gasteiger partial charge in [-0.3, -0.25) is 0 Å². The first kappa shape index (κ1) is 15.4. The fourth-order valence-electron chi connectivity index (χ4n) is 2.39. The summed E-state index contributed by atoms with van der Waals surface area (Å²) in [5.74, 6) is 1.35. The van der Waals surface area contributed by atoms with Crippen LogP contribution in [0.3, 0.4) is 0 Å². The largest absolute Gasteiger partial charge is 0.497 e. The highest BCUT2D eigenvalue weighted by Crippen LogP contribution is 2.31. The number of benzene rings is 3. The van der Waals surface area contributed by atoms with Gasteiger partial charge in [-0.1, -0.05) is 30.3 Å². The van der Waals surface area contributed by atoms with Gasteiger partial charge in [0.05, 0.1) is 14.2 Å². The fourth-order valence-corrected chi connectivity index (χ4v) is 3.56. The monoisotopic (exact) mass is 327 g/mol. The van der Waals surface area contributed by atoms with E-state index in [9.17, 15) is 4.21 Å². The van der Waals surface area contributed by atoms with Crippen LogP contribution in [-0.4, -0.2) is 18.4 Å². The molecular formula is C18H17NO3S. The number of anilines is 1. The van der Waals surface area contributed by atoms with Crippen molar-refractivity contribution in [3.8, 4) is 11.5 Å². The topological polar surface area (TPSA) is 47.6 Å². The molecule has 0 fully saturated rings. The molecule has 118 valence electrons. The minimum Gasteiger partial charge on any atom is -0.497 e. The van der Waals surface area contributed by atoms with Crippen LogP contribution >= 0.6 is 0 Å². The molecule has 5 heteroatoms. The highest BCUT2D eigenvalue weighted by Gasteiger charge is 2.15. The smallest absolute Gasteiger partial charge is 0.154 e. The molecule has 23 heavy (non-hydrogen) atoms. The first-order chi connectivity index (χ1) is 11.2. The van der Waals surface area contributed by atoms with Gasteiger partial charge in [0.25, 0.3) is 0 Å². The molecule has 0 heterocycles. The van der Waals surface area contributed by atoms with E-state index in [0.29, 0.717) is 10.6 Å². The van der Waals surface area contributed by atoms with Crippen molar-refractivity contribution in [3.05, 3.63) is 60.7 Å². The Morgan fingerprint density at radius 2 is 1.61 bits per heavy atom. The molecule has 0 saturated heterocycles. The molecule has 0 amide bonds. The van der Waals surface area contributed by atoms with Crippen LogP contribution in [0.25, 0.3) is 10.8 Å². The van der Waals surface area contributed by atoms with Crippen molar-refractivity contribution in [2.24, 2.45) is 0 Å². The molecule has 1 atom stereocenters. The molecule has 0 spiro atoms. The van der Waals surface area contributed by atoms with E-state index in [1.807, 2.05) is 60.7 Å². The lowest BCUT2D eigenvalue weighted by atomic mass is 10.1. The van der Waals surface area contributed by atoms with Crippen LogP contribution in [0.2, 0.25) is 0 Å². The first-order valence-corrected chi connectivity index (χ1v) is 8.26. The Kier molecular flexibility index (Phi) is 4.48. The van der Waals surface area contributed by atoms with E-state index >= 15 is 0 Å². The zero-order valence-corrected chi connectivity index (χ0v) is 13.7. The molecule has 3 aromatic carbocycles. The first-order valence-electron chi connectivity index (χ1n) is 7.11. The lowest BCUT2D eigenvalue weighted by Gasteiger charge is -2.13. The fraction of sp³-hybridized carbons (Fsp3) is 0.111. The van der Waals surface area contributed by atoms with E-state index in [-0.39, 0.29) is 0 Å². The molecule has 0 aliphatic rings. The van der Waals surface area contributed by atoms with Gasteiger partial charge in [-0.25, -0.2) is 4.21 Å². The molecule has 4 nitrogen and oxygen atoms in total. The number of rotatable bonds is 5. The number of ether oxygens (including phenoxy) is 2. The standard InChI is InChI=1S/C18H17NO3S/c1-21-15-10-8-14(9-11-15)19-23(20)18-16-6-4-3-5-13(16)7-12-17(18)22-2/h3-12,19H,1-2H3/t23-/m1/s1. The second-order valence-electron chi connectivity index (χ2n) is 4.92. The summed E-state index contributed by atoms with van der Waals surface area (Å²) in [7, 11) is 1.75. The molecule has 0 aliphatic heterocycles. The van der Waals surface area contributed by atoms with Crippen LogP contribution in [0.4, 0.5) is 5.69 Å².